The molecule has 3 aromatic carbocycles. The first-order valence-corrected chi connectivity index (χ1v) is 10.1. The number of aryl methyl sites for hydroxylation is 1. The molecule has 0 aliphatic carbocycles. The summed E-state index contributed by atoms with van der Waals surface area (Å²) in [6.07, 6.45) is 1.85. The summed E-state index contributed by atoms with van der Waals surface area (Å²) in [4.78, 5) is 16.3. The second-order valence-electron chi connectivity index (χ2n) is 7.19. The maximum atomic E-state index is 13.0. The fourth-order valence-corrected chi connectivity index (χ4v) is 3.63. The van der Waals surface area contributed by atoms with Crippen molar-refractivity contribution in [2.75, 3.05) is 11.9 Å². The Morgan fingerprint density at radius 3 is 2.40 bits per heavy atom. The van der Waals surface area contributed by atoms with E-state index in [2.05, 4.69) is 25.1 Å². The van der Waals surface area contributed by atoms with Crippen LogP contribution >= 0.6 is 12.2 Å². The van der Waals surface area contributed by atoms with Crippen molar-refractivity contribution < 1.29 is 9.53 Å². The van der Waals surface area contributed by atoms with Gasteiger partial charge < -0.3 is 9.64 Å². The Balaban J connectivity index is 1.49. The van der Waals surface area contributed by atoms with Crippen LogP contribution in [0.4, 0.5) is 5.69 Å². The zero-order valence-corrected chi connectivity index (χ0v) is 17.7. The Hall–Kier alpha value is -3.44. The quantitative estimate of drug-likeness (QED) is 0.426. The molecule has 0 atom stereocenters. The van der Waals surface area contributed by atoms with Crippen LogP contribution in [0.3, 0.4) is 0 Å². The van der Waals surface area contributed by atoms with Gasteiger partial charge in [-0.3, -0.25) is 9.69 Å². The number of thiocarbonyl (C=S) groups is 1. The molecular weight excluding hydrogens is 392 g/mol. The monoisotopic (exact) mass is 414 g/mol. The van der Waals surface area contributed by atoms with Crippen molar-refractivity contribution in [3.63, 3.8) is 0 Å². The minimum absolute atomic E-state index is 0.131. The number of hydrogen-bond acceptors (Lipinski definition) is 3. The average Bonchev–Trinajstić information content (AvgIpc) is 2.97. The van der Waals surface area contributed by atoms with Crippen molar-refractivity contribution in [3.05, 3.63) is 101 Å². The summed E-state index contributed by atoms with van der Waals surface area (Å²) in [5.74, 6) is 0.652. The number of likely N-dealkylation sites (N-methyl/N-ethyl adjacent to an activating group) is 1. The molecule has 0 bridgehead atoms. The van der Waals surface area contributed by atoms with Crippen molar-refractivity contribution in [1.29, 1.82) is 0 Å². The van der Waals surface area contributed by atoms with Gasteiger partial charge in [-0.2, -0.15) is 0 Å². The van der Waals surface area contributed by atoms with E-state index in [0.717, 1.165) is 22.6 Å². The zero-order valence-electron chi connectivity index (χ0n) is 16.9. The van der Waals surface area contributed by atoms with E-state index >= 15 is 0 Å². The predicted molar refractivity (Wildman–Crippen MR) is 124 cm³/mol. The molecule has 1 heterocycles. The molecule has 5 heteroatoms. The first-order chi connectivity index (χ1) is 14.5. The summed E-state index contributed by atoms with van der Waals surface area (Å²) in [6, 6.07) is 25.4. The molecule has 1 aliphatic heterocycles. The smallest absolute Gasteiger partial charge is 0.281 e. The molecule has 1 aliphatic rings. The van der Waals surface area contributed by atoms with Crippen molar-refractivity contribution in [2.45, 2.75) is 13.5 Å². The molecule has 0 unspecified atom stereocenters. The molecule has 3 aromatic rings. The Bertz CT molecular complexity index is 1110. The third kappa shape index (κ3) is 4.11. The summed E-state index contributed by atoms with van der Waals surface area (Å²) in [7, 11) is 1.81. The summed E-state index contributed by atoms with van der Waals surface area (Å²) >= 11 is 5.50. The van der Waals surface area contributed by atoms with Crippen LogP contribution in [0.25, 0.3) is 6.08 Å². The molecule has 0 saturated carbocycles. The molecule has 1 fully saturated rings. The highest BCUT2D eigenvalue weighted by Gasteiger charge is 2.36. The molecule has 1 amide bonds. The topological polar surface area (TPSA) is 32.8 Å². The molecule has 0 aromatic heterocycles. The summed E-state index contributed by atoms with van der Waals surface area (Å²) < 4.78 is 5.88. The van der Waals surface area contributed by atoms with Gasteiger partial charge in [0.15, 0.2) is 5.11 Å². The van der Waals surface area contributed by atoms with Crippen molar-refractivity contribution >= 4 is 35.0 Å². The molecule has 30 heavy (non-hydrogen) atoms. The summed E-state index contributed by atoms with van der Waals surface area (Å²) in [5, 5.41) is 0.468. The lowest BCUT2D eigenvalue weighted by molar-refractivity contribution is -0.114. The number of amides is 1. The largest absolute Gasteiger partial charge is 0.489 e. The van der Waals surface area contributed by atoms with Crippen molar-refractivity contribution in [2.24, 2.45) is 0 Å². The SMILES string of the molecule is Cc1cccc(COc2ccc(/C=C3/C(=O)N(c4ccccc4)C(=S)N3C)cc2)c1. The second-order valence-corrected chi connectivity index (χ2v) is 7.56. The lowest BCUT2D eigenvalue weighted by atomic mass is 10.1. The fourth-order valence-electron chi connectivity index (χ4n) is 3.35. The van der Waals surface area contributed by atoms with Crippen LogP contribution in [0.2, 0.25) is 0 Å². The Kier molecular flexibility index (Phi) is 5.63. The van der Waals surface area contributed by atoms with Gasteiger partial charge in [0.2, 0.25) is 0 Å². The molecule has 4 rings (SSSR count). The number of carbonyl (C=O) groups is 1. The maximum absolute atomic E-state index is 13.0. The Morgan fingerprint density at radius 1 is 0.967 bits per heavy atom. The standard InChI is InChI=1S/C25H22N2O2S/c1-18-7-6-8-20(15-18)17-29-22-13-11-19(12-14-22)16-23-24(28)27(25(30)26(23)2)21-9-4-3-5-10-21/h3-16H,17H2,1-2H3/b23-16-. The van der Waals surface area contributed by atoms with Crippen LogP contribution < -0.4 is 9.64 Å². The summed E-state index contributed by atoms with van der Waals surface area (Å²) in [5.41, 5.74) is 4.56. The number of benzene rings is 3. The van der Waals surface area contributed by atoms with Gasteiger partial charge in [0.25, 0.3) is 5.91 Å². The van der Waals surface area contributed by atoms with Crippen LogP contribution in [0, 0.1) is 6.92 Å². The third-order valence-corrected chi connectivity index (χ3v) is 5.40. The number of carbonyl (C=O) groups excluding carboxylic acids is 1. The van der Waals surface area contributed by atoms with Gasteiger partial charge in [-0.1, -0.05) is 60.2 Å². The fraction of sp³-hybridized carbons (Fsp3) is 0.120. The van der Waals surface area contributed by atoms with Gasteiger partial charge in [-0.05, 0) is 60.6 Å². The molecule has 4 nitrogen and oxygen atoms in total. The number of nitrogens with zero attached hydrogens (tertiary/aromatic N) is 2. The minimum atomic E-state index is -0.131. The average molecular weight is 415 g/mol. The van der Waals surface area contributed by atoms with Crippen molar-refractivity contribution in [3.8, 4) is 5.75 Å². The highest BCUT2D eigenvalue weighted by molar-refractivity contribution is 7.80. The molecule has 150 valence electrons. The minimum Gasteiger partial charge on any atom is -0.489 e. The molecular formula is C25H22N2O2S. The van der Waals surface area contributed by atoms with Gasteiger partial charge >= 0.3 is 0 Å². The molecule has 0 radical (unpaired) electrons. The number of ether oxygens (including phenoxy) is 1. The number of para-hydroxylation sites is 1. The van der Waals surface area contributed by atoms with Gasteiger partial charge in [-0.15, -0.1) is 0 Å². The van der Waals surface area contributed by atoms with E-state index in [1.54, 1.807) is 9.80 Å². The van der Waals surface area contributed by atoms with Crippen LogP contribution in [0.1, 0.15) is 16.7 Å². The highest BCUT2D eigenvalue weighted by Crippen LogP contribution is 2.28. The Morgan fingerprint density at radius 2 is 1.70 bits per heavy atom. The lowest BCUT2D eigenvalue weighted by Crippen LogP contribution is -2.30. The number of rotatable bonds is 5. The maximum Gasteiger partial charge on any atom is 0.281 e. The number of hydrogen-bond donors (Lipinski definition) is 0. The first-order valence-electron chi connectivity index (χ1n) is 9.70. The summed E-state index contributed by atoms with van der Waals surface area (Å²) in [6.45, 7) is 2.58. The molecule has 1 saturated heterocycles. The van der Waals surface area contributed by atoms with Gasteiger partial charge in [0.05, 0.1) is 5.69 Å². The lowest BCUT2D eigenvalue weighted by Gasteiger charge is -2.16. The van der Waals surface area contributed by atoms with E-state index < -0.39 is 0 Å². The van der Waals surface area contributed by atoms with E-state index in [0.29, 0.717) is 17.4 Å². The van der Waals surface area contributed by atoms with Gasteiger partial charge in [0.1, 0.15) is 18.1 Å². The van der Waals surface area contributed by atoms with Crippen LogP contribution in [-0.2, 0) is 11.4 Å². The van der Waals surface area contributed by atoms with Crippen LogP contribution in [0.15, 0.2) is 84.6 Å². The molecule has 0 N–H and O–H groups in total. The van der Waals surface area contributed by atoms with E-state index in [9.17, 15) is 4.79 Å². The van der Waals surface area contributed by atoms with Crippen LogP contribution in [0.5, 0.6) is 5.75 Å². The third-order valence-electron chi connectivity index (χ3n) is 4.95. The van der Waals surface area contributed by atoms with E-state index in [1.165, 1.54) is 5.56 Å². The first kappa shape index (κ1) is 19.9. The van der Waals surface area contributed by atoms with Gasteiger partial charge in [-0.25, -0.2) is 0 Å². The van der Waals surface area contributed by atoms with Gasteiger partial charge in [0, 0.05) is 7.05 Å². The van der Waals surface area contributed by atoms with E-state index in [-0.39, 0.29) is 5.91 Å². The van der Waals surface area contributed by atoms with E-state index in [1.807, 2.05) is 73.8 Å². The van der Waals surface area contributed by atoms with Crippen LogP contribution in [-0.4, -0.2) is 23.0 Å². The predicted octanol–water partition coefficient (Wildman–Crippen LogP) is 5.18. The zero-order chi connectivity index (χ0) is 21.1. The molecule has 0 spiro atoms. The normalized spacial score (nSPS) is 15.2. The number of anilines is 1. The highest BCUT2D eigenvalue weighted by atomic mass is 32.1. The van der Waals surface area contributed by atoms with E-state index in [4.69, 9.17) is 17.0 Å². The van der Waals surface area contributed by atoms with Crippen molar-refractivity contribution in [1.82, 2.24) is 4.90 Å². The Labute approximate surface area is 182 Å². The second kappa shape index (κ2) is 8.51.